The Labute approximate surface area is 112 Å². The minimum Gasteiger partial charge on any atom is -0.508 e. The second-order valence-electron chi connectivity index (χ2n) is 4.17. The van der Waals surface area contributed by atoms with Gasteiger partial charge in [0.2, 0.25) is 11.6 Å². The van der Waals surface area contributed by atoms with Crippen LogP contribution in [-0.2, 0) is 0 Å². The Morgan fingerprint density at radius 2 is 1.90 bits per heavy atom. The molecule has 0 aliphatic rings. The number of hydrogen-bond acceptors (Lipinski definition) is 6. The molecule has 20 heavy (non-hydrogen) atoms. The lowest BCUT2D eigenvalue weighted by Gasteiger charge is -1.97. The van der Waals surface area contributed by atoms with E-state index in [1.807, 2.05) is 6.92 Å². The maximum absolute atomic E-state index is 13.7. The third kappa shape index (κ3) is 2.20. The summed E-state index contributed by atoms with van der Waals surface area (Å²) in [6.45, 7) is 1.86. The summed E-state index contributed by atoms with van der Waals surface area (Å²) in [4.78, 5) is 12.2. The fourth-order valence-electron chi connectivity index (χ4n) is 1.61. The van der Waals surface area contributed by atoms with Crippen LogP contribution in [0.4, 0.5) is 4.39 Å². The molecule has 1 aromatic carbocycles. The Hall–Kier alpha value is -2.83. The van der Waals surface area contributed by atoms with Crippen LogP contribution in [0.15, 0.2) is 35.1 Å². The van der Waals surface area contributed by atoms with Crippen LogP contribution in [0.2, 0.25) is 0 Å². The fraction of sp³-hybridized carbons (Fsp3) is 0.0769. The molecule has 0 bridgehead atoms. The molecule has 3 aromatic rings. The summed E-state index contributed by atoms with van der Waals surface area (Å²) < 4.78 is 18.7. The van der Waals surface area contributed by atoms with Crippen molar-refractivity contribution < 1.29 is 14.0 Å². The zero-order chi connectivity index (χ0) is 14.1. The van der Waals surface area contributed by atoms with E-state index in [0.29, 0.717) is 5.82 Å². The van der Waals surface area contributed by atoms with Crippen molar-refractivity contribution in [3.63, 3.8) is 0 Å². The number of phenolic OH excluding ortho intramolecular Hbond substituents is 1. The summed E-state index contributed by atoms with van der Waals surface area (Å²) in [6.07, 6.45) is 3.25. The molecular weight excluding hydrogens is 263 g/mol. The van der Waals surface area contributed by atoms with Crippen molar-refractivity contribution in [1.29, 1.82) is 0 Å². The standard InChI is InChI=1S/C13H9FN4O2/c1-7-5-15-11(16-6-7)12-17-13(20-18-12)9-3-2-8(19)4-10(9)14/h2-6,19H,1H3. The van der Waals surface area contributed by atoms with Crippen LogP contribution < -0.4 is 0 Å². The topological polar surface area (TPSA) is 84.9 Å². The molecule has 0 aliphatic carbocycles. The Morgan fingerprint density at radius 3 is 2.60 bits per heavy atom. The van der Waals surface area contributed by atoms with Crippen molar-refractivity contribution in [3.8, 4) is 28.9 Å². The summed E-state index contributed by atoms with van der Waals surface area (Å²) >= 11 is 0. The fourth-order valence-corrected chi connectivity index (χ4v) is 1.61. The first-order chi connectivity index (χ1) is 9.63. The molecule has 2 aromatic heterocycles. The third-order valence-electron chi connectivity index (χ3n) is 2.59. The van der Waals surface area contributed by atoms with Crippen molar-refractivity contribution in [2.45, 2.75) is 6.92 Å². The first-order valence-electron chi connectivity index (χ1n) is 5.75. The maximum atomic E-state index is 13.7. The van der Waals surface area contributed by atoms with Crippen LogP contribution in [0.5, 0.6) is 5.75 Å². The molecule has 0 radical (unpaired) electrons. The molecule has 0 saturated carbocycles. The van der Waals surface area contributed by atoms with Gasteiger partial charge in [0.05, 0.1) is 5.56 Å². The number of phenols is 1. The quantitative estimate of drug-likeness (QED) is 0.770. The van der Waals surface area contributed by atoms with Gasteiger partial charge in [0, 0.05) is 18.5 Å². The SMILES string of the molecule is Cc1cnc(-c2noc(-c3ccc(O)cc3F)n2)nc1. The Morgan fingerprint density at radius 1 is 1.15 bits per heavy atom. The number of aromatic hydroxyl groups is 1. The van der Waals surface area contributed by atoms with E-state index in [9.17, 15) is 4.39 Å². The van der Waals surface area contributed by atoms with Crippen LogP contribution in [0.3, 0.4) is 0 Å². The molecule has 0 atom stereocenters. The molecular formula is C13H9FN4O2. The van der Waals surface area contributed by atoms with Gasteiger partial charge in [0.1, 0.15) is 11.6 Å². The van der Waals surface area contributed by atoms with Crippen molar-refractivity contribution in [2.24, 2.45) is 0 Å². The lowest BCUT2D eigenvalue weighted by atomic mass is 10.2. The van der Waals surface area contributed by atoms with Crippen molar-refractivity contribution in [3.05, 3.63) is 42.0 Å². The van der Waals surface area contributed by atoms with Crippen molar-refractivity contribution in [1.82, 2.24) is 20.1 Å². The van der Waals surface area contributed by atoms with Crippen LogP contribution in [0.25, 0.3) is 23.1 Å². The number of nitrogens with zero attached hydrogens (tertiary/aromatic N) is 4. The van der Waals surface area contributed by atoms with Crippen LogP contribution in [0, 0.1) is 12.7 Å². The van der Waals surface area contributed by atoms with Gasteiger partial charge >= 0.3 is 0 Å². The summed E-state index contributed by atoms with van der Waals surface area (Å²) in [5.74, 6) is -0.350. The summed E-state index contributed by atoms with van der Waals surface area (Å²) in [5.41, 5.74) is 1.01. The smallest absolute Gasteiger partial charge is 0.261 e. The average molecular weight is 272 g/mol. The summed E-state index contributed by atoms with van der Waals surface area (Å²) in [7, 11) is 0. The number of halogens is 1. The van der Waals surface area contributed by atoms with Crippen molar-refractivity contribution in [2.75, 3.05) is 0 Å². The second kappa shape index (κ2) is 4.69. The predicted octanol–water partition coefficient (Wildman–Crippen LogP) is 2.35. The van der Waals surface area contributed by atoms with Gasteiger partial charge in [0.25, 0.3) is 5.89 Å². The first-order valence-corrected chi connectivity index (χ1v) is 5.75. The van der Waals surface area contributed by atoms with Crippen LogP contribution >= 0.6 is 0 Å². The van der Waals surface area contributed by atoms with Gasteiger partial charge in [-0.1, -0.05) is 5.16 Å². The Kier molecular flexibility index (Phi) is 2.86. The molecule has 7 heteroatoms. The second-order valence-corrected chi connectivity index (χ2v) is 4.17. The van der Waals surface area contributed by atoms with Gasteiger partial charge < -0.3 is 9.63 Å². The molecule has 0 saturated heterocycles. The highest BCUT2D eigenvalue weighted by molar-refractivity contribution is 5.57. The van der Waals surface area contributed by atoms with E-state index < -0.39 is 5.82 Å². The maximum Gasteiger partial charge on any atom is 0.261 e. The number of rotatable bonds is 2. The van der Waals surface area contributed by atoms with Gasteiger partial charge in [-0.3, -0.25) is 0 Å². The molecule has 1 N–H and O–H groups in total. The number of hydrogen-bond donors (Lipinski definition) is 1. The van der Waals surface area contributed by atoms with Gasteiger partial charge in [-0.2, -0.15) is 4.98 Å². The normalized spacial score (nSPS) is 10.7. The molecule has 0 unspecified atom stereocenters. The zero-order valence-electron chi connectivity index (χ0n) is 10.4. The molecule has 6 nitrogen and oxygen atoms in total. The molecule has 2 heterocycles. The van der Waals surface area contributed by atoms with E-state index in [0.717, 1.165) is 11.6 Å². The van der Waals surface area contributed by atoms with Gasteiger partial charge in [0.15, 0.2) is 0 Å². The monoisotopic (exact) mass is 272 g/mol. The highest BCUT2D eigenvalue weighted by atomic mass is 19.1. The van der Waals surface area contributed by atoms with E-state index in [2.05, 4.69) is 20.1 Å². The van der Waals surface area contributed by atoms with E-state index in [1.165, 1.54) is 12.1 Å². The summed E-state index contributed by atoms with van der Waals surface area (Å²) in [6, 6.07) is 3.67. The minimum absolute atomic E-state index is 0.00155. The van der Waals surface area contributed by atoms with E-state index in [4.69, 9.17) is 9.63 Å². The highest BCUT2D eigenvalue weighted by Crippen LogP contribution is 2.25. The molecule has 3 rings (SSSR count). The molecule has 0 amide bonds. The molecule has 0 aliphatic heterocycles. The van der Waals surface area contributed by atoms with E-state index in [1.54, 1.807) is 12.4 Å². The Bertz CT molecular complexity index is 755. The van der Waals surface area contributed by atoms with E-state index in [-0.39, 0.29) is 23.0 Å². The van der Waals surface area contributed by atoms with Crippen LogP contribution in [-0.4, -0.2) is 25.2 Å². The van der Waals surface area contributed by atoms with Crippen LogP contribution in [0.1, 0.15) is 5.56 Å². The molecule has 100 valence electrons. The first kappa shape index (κ1) is 12.2. The third-order valence-corrected chi connectivity index (χ3v) is 2.59. The minimum atomic E-state index is -0.648. The number of benzene rings is 1. The average Bonchev–Trinajstić information content (AvgIpc) is 2.89. The highest BCUT2D eigenvalue weighted by Gasteiger charge is 2.16. The molecule has 0 fully saturated rings. The zero-order valence-corrected chi connectivity index (χ0v) is 10.4. The van der Waals surface area contributed by atoms with E-state index >= 15 is 0 Å². The molecule has 0 spiro atoms. The van der Waals surface area contributed by atoms with Gasteiger partial charge in [-0.25, -0.2) is 14.4 Å². The van der Waals surface area contributed by atoms with Crippen molar-refractivity contribution >= 4 is 0 Å². The predicted molar refractivity (Wildman–Crippen MR) is 67.1 cm³/mol. The largest absolute Gasteiger partial charge is 0.508 e. The van der Waals surface area contributed by atoms with Gasteiger partial charge in [-0.05, 0) is 24.6 Å². The lowest BCUT2D eigenvalue weighted by molar-refractivity contribution is 0.428. The van der Waals surface area contributed by atoms with Gasteiger partial charge in [-0.15, -0.1) is 0 Å². The number of aryl methyl sites for hydroxylation is 1. The number of aromatic nitrogens is 4. The Balaban J connectivity index is 1.99. The lowest BCUT2D eigenvalue weighted by Crippen LogP contribution is -1.91. The summed E-state index contributed by atoms with van der Waals surface area (Å²) in [5, 5.41) is 12.9.